The summed E-state index contributed by atoms with van der Waals surface area (Å²) in [7, 11) is 0. The molecule has 1 atom stereocenters. The number of rotatable bonds is 6. The smallest absolute Gasteiger partial charge is 0.122 e. The Labute approximate surface area is 97.4 Å². The molecule has 0 radical (unpaired) electrons. The maximum Gasteiger partial charge on any atom is 0.122 e. The topological polar surface area (TPSA) is 9.23 Å². The maximum absolute atomic E-state index is 5.72. The van der Waals surface area contributed by atoms with Gasteiger partial charge in [0.2, 0.25) is 0 Å². The van der Waals surface area contributed by atoms with E-state index in [1.165, 1.54) is 5.56 Å². The Kier molecular flexibility index (Phi) is 5.56. The van der Waals surface area contributed by atoms with E-state index in [1.54, 1.807) is 0 Å². The minimum absolute atomic E-state index is 0.553. The van der Waals surface area contributed by atoms with Gasteiger partial charge in [-0.25, -0.2) is 0 Å². The van der Waals surface area contributed by atoms with Gasteiger partial charge in [0.05, 0.1) is 6.61 Å². The van der Waals surface area contributed by atoms with Crippen molar-refractivity contribution < 1.29 is 4.74 Å². The van der Waals surface area contributed by atoms with Crippen molar-refractivity contribution in [1.82, 2.24) is 0 Å². The molecule has 0 bridgehead atoms. The highest BCUT2D eigenvalue weighted by Gasteiger charge is 2.08. The number of hydrogen-bond acceptors (Lipinski definition) is 1. The molecule has 0 saturated heterocycles. The van der Waals surface area contributed by atoms with Crippen molar-refractivity contribution in [3.05, 3.63) is 29.8 Å². The van der Waals surface area contributed by atoms with Crippen molar-refractivity contribution >= 4 is 11.6 Å². The highest BCUT2D eigenvalue weighted by atomic mass is 35.5. The Bertz CT molecular complexity index is 286. The Morgan fingerprint density at radius 2 is 2.07 bits per heavy atom. The monoisotopic (exact) mass is 226 g/mol. The van der Waals surface area contributed by atoms with Crippen LogP contribution in [0.4, 0.5) is 0 Å². The van der Waals surface area contributed by atoms with Crippen LogP contribution in [0.25, 0.3) is 0 Å². The first kappa shape index (κ1) is 12.4. The standard InChI is InChI=1S/C13H19ClO/c1-3-11(2)12-7-4-5-8-13(12)15-10-6-9-14/h4-5,7-8,11H,3,6,9-10H2,1-2H3. The lowest BCUT2D eigenvalue weighted by molar-refractivity contribution is 0.313. The SMILES string of the molecule is CCC(C)c1ccccc1OCCCCl. The zero-order chi connectivity index (χ0) is 11.1. The van der Waals surface area contributed by atoms with Gasteiger partial charge in [0.25, 0.3) is 0 Å². The van der Waals surface area contributed by atoms with Gasteiger partial charge in [-0.1, -0.05) is 32.0 Å². The van der Waals surface area contributed by atoms with Crippen LogP contribution in [0.3, 0.4) is 0 Å². The summed E-state index contributed by atoms with van der Waals surface area (Å²) in [5.41, 5.74) is 1.30. The fourth-order valence-electron chi connectivity index (χ4n) is 1.48. The molecule has 0 aliphatic rings. The van der Waals surface area contributed by atoms with Gasteiger partial charge >= 0.3 is 0 Å². The van der Waals surface area contributed by atoms with Gasteiger partial charge in [-0.05, 0) is 30.4 Å². The van der Waals surface area contributed by atoms with E-state index in [1.807, 2.05) is 12.1 Å². The Morgan fingerprint density at radius 1 is 1.33 bits per heavy atom. The van der Waals surface area contributed by atoms with E-state index in [0.717, 1.165) is 18.6 Å². The van der Waals surface area contributed by atoms with Crippen molar-refractivity contribution in [3.63, 3.8) is 0 Å². The van der Waals surface area contributed by atoms with Crippen LogP contribution >= 0.6 is 11.6 Å². The molecule has 0 aliphatic carbocycles. The minimum atomic E-state index is 0.553. The molecule has 0 amide bonds. The summed E-state index contributed by atoms with van der Waals surface area (Å²) in [6.45, 7) is 5.13. The van der Waals surface area contributed by atoms with Crippen LogP contribution in [-0.2, 0) is 0 Å². The van der Waals surface area contributed by atoms with Gasteiger partial charge in [-0.15, -0.1) is 11.6 Å². The van der Waals surface area contributed by atoms with Crippen molar-refractivity contribution in [2.24, 2.45) is 0 Å². The summed E-state index contributed by atoms with van der Waals surface area (Å²) in [5.74, 6) is 2.22. The molecule has 1 unspecified atom stereocenters. The second kappa shape index (κ2) is 6.73. The molecule has 2 heteroatoms. The van der Waals surface area contributed by atoms with E-state index >= 15 is 0 Å². The zero-order valence-electron chi connectivity index (χ0n) is 9.50. The van der Waals surface area contributed by atoms with E-state index < -0.39 is 0 Å². The fraction of sp³-hybridized carbons (Fsp3) is 0.538. The van der Waals surface area contributed by atoms with E-state index in [9.17, 15) is 0 Å². The van der Waals surface area contributed by atoms with Crippen LogP contribution in [0.1, 0.15) is 38.2 Å². The lowest BCUT2D eigenvalue weighted by atomic mass is 9.98. The van der Waals surface area contributed by atoms with Gasteiger partial charge < -0.3 is 4.74 Å². The van der Waals surface area contributed by atoms with Gasteiger partial charge in [-0.2, -0.15) is 0 Å². The molecule has 84 valence electrons. The molecule has 0 fully saturated rings. The third-order valence-corrected chi connectivity index (χ3v) is 2.87. The second-order valence-electron chi connectivity index (χ2n) is 3.74. The van der Waals surface area contributed by atoms with Crippen LogP contribution < -0.4 is 4.74 Å². The highest BCUT2D eigenvalue weighted by Crippen LogP contribution is 2.28. The first-order valence-electron chi connectivity index (χ1n) is 5.57. The Morgan fingerprint density at radius 3 is 2.73 bits per heavy atom. The van der Waals surface area contributed by atoms with Crippen LogP contribution in [0.15, 0.2) is 24.3 Å². The summed E-state index contributed by atoms with van der Waals surface area (Å²) < 4.78 is 5.72. The number of ether oxygens (including phenoxy) is 1. The van der Waals surface area contributed by atoms with Gasteiger partial charge in [0.1, 0.15) is 5.75 Å². The first-order chi connectivity index (χ1) is 7.29. The minimum Gasteiger partial charge on any atom is -0.493 e. The first-order valence-corrected chi connectivity index (χ1v) is 6.10. The van der Waals surface area contributed by atoms with Gasteiger partial charge in [0.15, 0.2) is 0 Å². The molecular formula is C13H19ClO. The van der Waals surface area contributed by atoms with E-state index in [2.05, 4.69) is 26.0 Å². The van der Waals surface area contributed by atoms with Crippen LogP contribution in [0.5, 0.6) is 5.75 Å². The quantitative estimate of drug-likeness (QED) is 0.522. The fourth-order valence-corrected chi connectivity index (χ4v) is 1.58. The van der Waals surface area contributed by atoms with Crippen LogP contribution in [0.2, 0.25) is 0 Å². The molecular weight excluding hydrogens is 208 g/mol. The molecule has 0 spiro atoms. The maximum atomic E-state index is 5.72. The van der Waals surface area contributed by atoms with E-state index in [0.29, 0.717) is 18.4 Å². The van der Waals surface area contributed by atoms with Gasteiger partial charge in [-0.3, -0.25) is 0 Å². The molecule has 0 aliphatic heterocycles. The number of para-hydroxylation sites is 1. The molecule has 0 saturated carbocycles. The molecule has 0 N–H and O–H groups in total. The lowest BCUT2D eigenvalue weighted by Gasteiger charge is -2.15. The third-order valence-electron chi connectivity index (χ3n) is 2.60. The number of benzene rings is 1. The second-order valence-corrected chi connectivity index (χ2v) is 4.12. The normalized spacial score (nSPS) is 12.5. The average molecular weight is 227 g/mol. The Balaban J connectivity index is 2.68. The molecule has 1 aromatic rings. The van der Waals surface area contributed by atoms with Crippen molar-refractivity contribution in [3.8, 4) is 5.75 Å². The molecule has 1 rings (SSSR count). The summed E-state index contributed by atoms with van der Waals surface area (Å²) in [6.07, 6.45) is 2.03. The zero-order valence-corrected chi connectivity index (χ0v) is 10.3. The number of hydrogen-bond donors (Lipinski definition) is 0. The van der Waals surface area contributed by atoms with Gasteiger partial charge in [0, 0.05) is 5.88 Å². The molecule has 1 nitrogen and oxygen atoms in total. The Hall–Kier alpha value is -0.690. The lowest BCUT2D eigenvalue weighted by Crippen LogP contribution is -2.02. The van der Waals surface area contributed by atoms with Crippen molar-refractivity contribution in [2.75, 3.05) is 12.5 Å². The number of alkyl halides is 1. The largest absolute Gasteiger partial charge is 0.493 e. The third kappa shape index (κ3) is 3.75. The van der Waals surface area contributed by atoms with Crippen molar-refractivity contribution in [2.45, 2.75) is 32.6 Å². The summed E-state index contributed by atoms with van der Waals surface area (Å²) >= 11 is 5.62. The molecule has 0 aromatic heterocycles. The van der Waals surface area contributed by atoms with Crippen LogP contribution in [-0.4, -0.2) is 12.5 Å². The predicted molar refractivity (Wildman–Crippen MR) is 66.0 cm³/mol. The average Bonchev–Trinajstić information content (AvgIpc) is 2.29. The van der Waals surface area contributed by atoms with Crippen LogP contribution in [0, 0.1) is 0 Å². The van der Waals surface area contributed by atoms with E-state index in [4.69, 9.17) is 16.3 Å². The number of halogens is 1. The summed E-state index contributed by atoms with van der Waals surface area (Å²) in [4.78, 5) is 0. The molecule has 15 heavy (non-hydrogen) atoms. The van der Waals surface area contributed by atoms with Crippen molar-refractivity contribution in [1.29, 1.82) is 0 Å². The predicted octanol–water partition coefficient (Wildman–Crippen LogP) is 4.21. The molecule has 1 aromatic carbocycles. The molecule has 0 heterocycles. The highest BCUT2D eigenvalue weighted by molar-refractivity contribution is 6.17. The summed E-state index contributed by atoms with van der Waals surface area (Å²) in [5, 5.41) is 0. The van der Waals surface area contributed by atoms with E-state index in [-0.39, 0.29) is 0 Å². The summed E-state index contributed by atoms with van der Waals surface area (Å²) in [6, 6.07) is 8.26.